The van der Waals surface area contributed by atoms with Crippen LogP contribution in [0.25, 0.3) is 10.9 Å². The van der Waals surface area contributed by atoms with Crippen LogP contribution in [0.5, 0.6) is 5.75 Å². The minimum atomic E-state index is -0.173. The van der Waals surface area contributed by atoms with E-state index in [9.17, 15) is 4.79 Å². The molecule has 1 N–H and O–H groups in total. The summed E-state index contributed by atoms with van der Waals surface area (Å²) in [5.41, 5.74) is 5.98. The summed E-state index contributed by atoms with van der Waals surface area (Å²) >= 11 is 3.41. The number of aromatic nitrogens is 3. The molecule has 2 heterocycles. The van der Waals surface area contributed by atoms with Crippen molar-refractivity contribution in [2.45, 2.75) is 27.1 Å². The number of benzene rings is 3. The Labute approximate surface area is 212 Å². The summed E-state index contributed by atoms with van der Waals surface area (Å²) in [6.45, 7) is 5.28. The third-order valence-electron chi connectivity index (χ3n) is 6.15. The average Bonchev–Trinajstić information content (AvgIpc) is 3.42. The van der Waals surface area contributed by atoms with Gasteiger partial charge in [0, 0.05) is 33.2 Å². The highest BCUT2D eigenvalue weighted by Gasteiger charge is 2.15. The van der Waals surface area contributed by atoms with Crippen molar-refractivity contribution in [3.8, 4) is 5.75 Å². The summed E-state index contributed by atoms with van der Waals surface area (Å²) < 4.78 is 10.7. The molecule has 0 spiro atoms. The second-order valence-corrected chi connectivity index (χ2v) is 9.38. The van der Waals surface area contributed by atoms with Gasteiger partial charge in [-0.2, -0.15) is 5.10 Å². The van der Waals surface area contributed by atoms with E-state index in [0.717, 1.165) is 27.7 Å². The van der Waals surface area contributed by atoms with E-state index < -0.39 is 0 Å². The maximum Gasteiger partial charge on any atom is 0.255 e. The molecular weight excluding hydrogens is 504 g/mol. The second kappa shape index (κ2) is 9.80. The Kier molecular flexibility index (Phi) is 6.42. The van der Waals surface area contributed by atoms with E-state index in [-0.39, 0.29) is 12.6 Å². The maximum absolute atomic E-state index is 13.0. The fourth-order valence-corrected chi connectivity index (χ4v) is 4.40. The number of carbonyl (C=O) groups excluding carboxylic acids is 1. The molecule has 0 bridgehead atoms. The highest BCUT2D eigenvalue weighted by Crippen LogP contribution is 2.27. The van der Waals surface area contributed by atoms with Crippen LogP contribution in [-0.4, -0.2) is 20.3 Å². The molecule has 0 unspecified atom stereocenters. The number of anilines is 1. The van der Waals surface area contributed by atoms with Gasteiger partial charge in [0.2, 0.25) is 0 Å². The van der Waals surface area contributed by atoms with Crippen molar-refractivity contribution in [2.24, 2.45) is 0 Å². The third kappa shape index (κ3) is 5.00. The van der Waals surface area contributed by atoms with E-state index >= 15 is 0 Å². The van der Waals surface area contributed by atoms with Gasteiger partial charge in [0.1, 0.15) is 5.75 Å². The molecule has 176 valence electrons. The van der Waals surface area contributed by atoms with Crippen molar-refractivity contribution in [3.05, 3.63) is 112 Å². The summed E-state index contributed by atoms with van der Waals surface area (Å²) in [6.07, 6.45) is 3.37. The van der Waals surface area contributed by atoms with Crippen LogP contribution in [0.15, 0.2) is 89.7 Å². The predicted octanol–water partition coefficient (Wildman–Crippen LogP) is 6.55. The molecule has 0 saturated carbocycles. The first kappa shape index (κ1) is 22.9. The first-order valence-corrected chi connectivity index (χ1v) is 12.1. The van der Waals surface area contributed by atoms with Crippen LogP contribution in [0.2, 0.25) is 0 Å². The standard InChI is InChI=1S/C28H25BrN4O2/c1-19-20(2)33(16-21-6-4-3-5-7-21)27-13-8-22(14-26(19)27)28(34)31-24-15-30-32(17-24)18-35-25-11-9-23(29)10-12-25/h3-15,17H,16,18H2,1-2H3,(H,31,34). The largest absolute Gasteiger partial charge is 0.471 e. The zero-order valence-corrected chi connectivity index (χ0v) is 21.1. The molecule has 0 fully saturated rings. The van der Waals surface area contributed by atoms with Crippen LogP contribution in [0.4, 0.5) is 5.69 Å². The zero-order valence-electron chi connectivity index (χ0n) is 19.5. The van der Waals surface area contributed by atoms with Crippen molar-refractivity contribution in [2.75, 3.05) is 5.32 Å². The lowest BCUT2D eigenvalue weighted by atomic mass is 10.1. The Hall–Kier alpha value is -3.84. The number of halogens is 1. The van der Waals surface area contributed by atoms with Gasteiger partial charge >= 0.3 is 0 Å². The van der Waals surface area contributed by atoms with Gasteiger partial charge in [-0.25, -0.2) is 4.68 Å². The van der Waals surface area contributed by atoms with Crippen LogP contribution in [0, 0.1) is 13.8 Å². The fraction of sp³-hybridized carbons (Fsp3) is 0.143. The normalized spacial score (nSPS) is 11.1. The number of hydrogen-bond donors (Lipinski definition) is 1. The summed E-state index contributed by atoms with van der Waals surface area (Å²) in [5.74, 6) is 0.570. The number of aryl methyl sites for hydroxylation is 1. The molecule has 7 heteroatoms. The smallest absolute Gasteiger partial charge is 0.255 e. The molecule has 0 aliphatic carbocycles. The molecular formula is C28H25BrN4O2. The SMILES string of the molecule is Cc1c(C)n(Cc2ccccc2)c2ccc(C(=O)Nc3cnn(COc4ccc(Br)cc4)c3)cc12. The Balaban J connectivity index is 1.29. The Morgan fingerprint density at radius 3 is 2.57 bits per heavy atom. The Morgan fingerprint density at radius 1 is 1.03 bits per heavy atom. The molecule has 5 aromatic rings. The Morgan fingerprint density at radius 2 is 1.80 bits per heavy atom. The lowest BCUT2D eigenvalue weighted by molar-refractivity contribution is 0.102. The van der Waals surface area contributed by atoms with Crippen LogP contribution >= 0.6 is 15.9 Å². The van der Waals surface area contributed by atoms with E-state index in [2.05, 4.69) is 69.0 Å². The predicted molar refractivity (Wildman–Crippen MR) is 142 cm³/mol. The van der Waals surface area contributed by atoms with Gasteiger partial charge in [0.05, 0.1) is 18.1 Å². The number of hydrogen-bond acceptors (Lipinski definition) is 3. The van der Waals surface area contributed by atoms with Crippen molar-refractivity contribution < 1.29 is 9.53 Å². The molecule has 5 rings (SSSR count). The summed E-state index contributed by atoms with van der Waals surface area (Å²) in [4.78, 5) is 13.0. The number of amides is 1. The van der Waals surface area contributed by atoms with E-state index in [4.69, 9.17) is 4.74 Å². The number of rotatable bonds is 7. The van der Waals surface area contributed by atoms with Crippen LogP contribution in [0.3, 0.4) is 0 Å². The second-order valence-electron chi connectivity index (χ2n) is 8.46. The van der Waals surface area contributed by atoms with Gasteiger partial charge in [-0.1, -0.05) is 46.3 Å². The van der Waals surface area contributed by atoms with Gasteiger partial charge in [-0.3, -0.25) is 4.79 Å². The molecule has 35 heavy (non-hydrogen) atoms. The van der Waals surface area contributed by atoms with Crippen molar-refractivity contribution >= 4 is 38.4 Å². The Bertz CT molecular complexity index is 1490. The van der Waals surface area contributed by atoms with E-state index in [1.165, 1.54) is 16.8 Å². The highest BCUT2D eigenvalue weighted by molar-refractivity contribution is 9.10. The van der Waals surface area contributed by atoms with Crippen LogP contribution < -0.4 is 10.1 Å². The number of nitrogens with zero attached hydrogens (tertiary/aromatic N) is 3. The molecule has 0 aliphatic heterocycles. The van der Waals surface area contributed by atoms with E-state index in [0.29, 0.717) is 11.3 Å². The third-order valence-corrected chi connectivity index (χ3v) is 6.68. The van der Waals surface area contributed by atoms with Crippen molar-refractivity contribution in [1.29, 1.82) is 0 Å². The van der Waals surface area contributed by atoms with E-state index in [1.54, 1.807) is 17.1 Å². The highest BCUT2D eigenvalue weighted by atomic mass is 79.9. The summed E-state index contributed by atoms with van der Waals surface area (Å²) in [6, 6.07) is 23.9. The number of carbonyl (C=O) groups is 1. The topological polar surface area (TPSA) is 61.1 Å². The maximum atomic E-state index is 13.0. The first-order valence-electron chi connectivity index (χ1n) is 11.3. The van der Waals surface area contributed by atoms with Gasteiger partial charge in [-0.15, -0.1) is 0 Å². The van der Waals surface area contributed by atoms with Crippen molar-refractivity contribution in [3.63, 3.8) is 0 Å². The minimum absolute atomic E-state index is 0.173. The van der Waals surface area contributed by atoms with Crippen molar-refractivity contribution in [1.82, 2.24) is 14.3 Å². The number of nitrogens with one attached hydrogen (secondary N) is 1. The molecule has 0 aliphatic rings. The summed E-state index contributed by atoms with van der Waals surface area (Å²) in [5, 5.41) is 8.31. The lowest BCUT2D eigenvalue weighted by Gasteiger charge is -2.09. The fourth-order valence-electron chi connectivity index (χ4n) is 4.13. The number of ether oxygens (including phenoxy) is 1. The van der Waals surface area contributed by atoms with Gasteiger partial charge in [0.15, 0.2) is 6.73 Å². The zero-order chi connectivity index (χ0) is 24.4. The molecule has 0 atom stereocenters. The molecule has 2 aromatic heterocycles. The van der Waals surface area contributed by atoms with Gasteiger partial charge in [-0.05, 0) is 67.4 Å². The average molecular weight is 529 g/mol. The van der Waals surface area contributed by atoms with Gasteiger partial charge in [0.25, 0.3) is 5.91 Å². The molecule has 6 nitrogen and oxygen atoms in total. The van der Waals surface area contributed by atoms with Gasteiger partial charge < -0.3 is 14.6 Å². The molecule has 0 radical (unpaired) electrons. The summed E-state index contributed by atoms with van der Waals surface area (Å²) in [7, 11) is 0. The number of fused-ring (bicyclic) bond motifs is 1. The van der Waals surface area contributed by atoms with E-state index in [1.807, 2.05) is 48.5 Å². The monoisotopic (exact) mass is 528 g/mol. The minimum Gasteiger partial charge on any atom is -0.471 e. The molecule has 1 amide bonds. The quantitative estimate of drug-likeness (QED) is 0.260. The lowest BCUT2D eigenvalue weighted by Crippen LogP contribution is -2.11. The molecule has 3 aromatic carbocycles. The van der Waals surface area contributed by atoms with Crippen LogP contribution in [0.1, 0.15) is 27.2 Å². The first-order chi connectivity index (χ1) is 17.0. The van der Waals surface area contributed by atoms with Crippen LogP contribution in [-0.2, 0) is 13.3 Å². The molecule has 0 saturated heterocycles.